The first-order valence-electron chi connectivity index (χ1n) is 2.66. The van der Waals surface area contributed by atoms with Crippen molar-refractivity contribution in [2.45, 2.75) is 0 Å². The minimum atomic E-state index is -0.940. The highest BCUT2D eigenvalue weighted by molar-refractivity contribution is 6.31. The fraction of sp³-hybridized carbons (Fsp3) is 0. The molecule has 3 nitrogen and oxygen atoms in total. The van der Waals surface area contributed by atoms with Crippen LogP contribution in [0.1, 0.15) is 0 Å². The molecule has 0 aromatic heterocycles. The summed E-state index contributed by atoms with van der Waals surface area (Å²) in [7, 11) is 0. The van der Waals surface area contributed by atoms with Crippen LogP contribution in [0, 0.1) is 0 Å². The van der Waals surface area contributed by atoms with Crippen LogP contribution in [0.25, 0.3) is 0 Å². The van der Waals surface area contributed by atoms with Crippen molar-refractivity contribution >= 4 is 17.6 Å². The van der Waals surface area contributed by atoms with Crippen molar-refractivity contribution in [1.82, 2.24) is 0 Å². The van der Waals surface area contributed by atoms with Crippen molar-refractivity contribution in [3.05, 3.63) is 35.9 Å². The minimum Gasteiger partial charge on any atom is -0.296 e. The molecule has 0 aliphatic carbocycles. The largest absolute Gasteiger partial charge is 0.372 e. The van der Waals surface area contributed by atoms with E-state index in [9.17, 15) is 4.79 Å². The second-order valence-corrected chi connectivity index (χ2v) is 2.07. The van der Waals surface area contributed by atoms with E-state index in [0.717, 1.165) is 0 Å². The van der Waals surface area contributed by atoms with Gasteiger partial charge in [-0.05, 0) is 6.08 Å². The molecule has 0 saturated heterocycles. The van der Waals surface area contributed by atoms with Crippen molar-refractivity contribution in [2.24, 2.45) is 0 Å². The summed E-state index contributed by atoms with van der Waals surface area (Å²) < 4.78 is 0. The zero-order chi connectivity index (χ0) is 8.85. The maximum absolute atomic E-state index is 10.5. The number of hydrogen-bond donors (Lipinski definition) is 1. The van der Waals surface area contributed by atoms with Gasteiger partial charge in [0, 0.05) is 5.03 Å². The van der Waals surface area contributed by atoms with E-state index >= 15 is 0 Å². The molecule has 60 valence electrons. The molecule has 4 heteroatoms. The average Bonchev–Trinajstić information content (AvgIpc) is 2.02. The van der Waals surface area contributed by atoms with Crippen molar-refractivity contribution in [1.29, 1.82) is 0 Å². The molecule has 0 aromatic rings. The quantitative estimate of drug-likeness (QED) is 0.308. The number of carbonyl (C=O) groups is 1. The third-order valence-electron chi connectivity index (χ3n) is 0.852. The van der Waals surface area contributed by atoms with Gasteiger partial charge in [-0.3, -0.25) is 4.89 Å². The van der Waals surface area contributed by atoms with Gasteiger partial charge in [0.25, 0.3) is 0 Å². The van der Waals surface area contributed by atoms with E-state index in [1.807, 2.05) is 0 Å². The fourth-order valence-corrected chi connectivity index (χ4v) is 0.475. The van der Waals surface area contributed by atoms with Gasteiger partial charge < -0.3 is 0 Å². The van der Waals surface area contributed by atoms with E-state index in [1.165, 1.54) is 12.2 Å². The Labute approximate surface area is 69.2 Å². The topological polar surface area (TPSA) is 46.5 Å². The second-order valence-electron chi connectivity index (χ2n) is 1.64. The number of carbonyl (C=O) groups excluding carboxylic acids is 1. The lowest BCUT2D eigenvalue weighted by atomic mass is 10.3. The molecule has 0 heterocycles. The predicted molar refractivity (Wildman–Crippen MR) is 42.0 cm³/mol. The smallest absolute Gasteiger partial charge is 0.296 e. The Morgan fingerprint density at radius 1 is 1.64 bits per heavy atom. The summed E-state index contributed by atoms with van der Waals surface area (Å²) in [6.07, 6.45) is 2.56. The zero-order valence-electron chi connectivity index (χ0n) is 5.71. The molecule has 0 spiro atoms. The first-order chi connectivity index (χ1) is 5.11. The van der Waals surface area contributed by atoms with E-state index < -0.39 is 5.97 Å². The normalized spacial score (nSPS) is 10.5. The Hall–Kier alpha value is -1.06. The lowest BCUT2D eigenvalue weighted by Gasteiger charge is -1.93. The first-order valence-corrected chi connectivity index (χ1v) is 3.04. The van der Waals surface area contributed by atoms with Crippen molar-refractivity contribution in [3.63, 3.8) is 0 Å². The molecule has 0 amide bonds. The second kappa shape index (κ2) is 4.71. The molecule has 11 heavy (non-hydrogen) atoms. The van der Waals surface area contributed by atoms with Crippen LogP contribution in [0.5, 0.6) is 0 Å². The monoisotopic (exact) mass is 174 g/mol. The molecule has 0 radical (unpaired) electrons. The molecule has 0 rings (SSSR count). The standard InChI is InChI=1S/C7H7ClO3/c1-3-6(8)4-5(2)7(9)11-10/h3-4,10H,1-2H2/b6-4+. The van der Waals surface area contributed by atoms with Crippen LogP contribution in [0.4, 0.5) is 0 Å². The molecular formula is C7H7ClO3. The van der Waals surface area contributed by atoms with Gasteiger partial charge >= 0.3 is 5.97 Å². The van der Waals surface area contributed by atoms with E-state index in [-0.39, 0.29) is 10.6 Å². The summed E-state index contributed by atoms with van der Waals surface area (Å²) in [4.78, 5) is 13.8. The van der Waals surface area contributed by atoms with Gasteiger partial charge in [-0.25, -0.2) is 4.79 Å². The minimum absolute atomic E-state index is 0.0441. The lowest BCUT2D eigenvalue weighted by Crippen LogP contribution is -2.01. The Morgan fingerprint density at radius 2 is 2.18 bits per heavy atom. The number of halogens is 1. The van der Waals surface area contributed by atoms with Gasteiger partial charge in [0.15, 0.2) is 0 Å². The molecule has 0 bridgehead atoms. The maximum Gasteiger partial charge on any atom is 0.372 e. The molecule has 0 aliphatic rings. The molecule has 0 aliphatic heterocycles. The molecule has 0 fully saturated rings. The van der Waals surface area contributed by atoms with Crippen molar-refractivity contribution < 1.29 is 14.9 Å². The highest BCUT2D eigenvalue weighted by Gasteiger charge is 2.04. The lowest BCUT2D eigenvalue weighted by molar-refractivity contribution is -0.228. The van der Waals surface area contributed by atoms with Gasteiger partial charge in [0.1, 0.15) is 0 Å². The Morgan fingerprint density at radius 3 is 2.55 bits per heavy atom. The average molecular weight is 175 g/mol. The van der Waals surface area contributed by atoms with Crippen molar-refractivity contribution in [3.8, 4) is 0 Å². The zero-order valence-corrected chi connectivity index (χ0v) is 6.47. The van der Waals surface area contributed by atoms with Gasteiger partial charge in [-0.15, -0.1) is 0 Å². The summed E-state index contributed by atoms with van der Waals surface area (Å²) in [5, 5.41) is 8.13. The Kier molecular flexibility index (Phi) is 4.26. The van der Waals surface area contributed by atoms with Crippen LogP contribution in [0.15, 0.2) is 35.9 Å². The van der Waals surface area contributed by atoms with Crippen LogP contribution >= 0.6 is 11.6 Å². The SMILES string of the molecule is C=C/C(Cl)=C\C(=C)C(=O)OO. The molecule has 1 N–H and O–H groups in total. The fourth-order valence-electron chi connectivity index (χ4n) is 0.343. The van der Waals surface area contributed by atoms with Crippen molar-refractivity contribution in [2.75, 3.05) is 0 Å². The van der Waals surface area contributed by atoms with Crippen LogP contribution in [0.3, 0.4) is 0 Å². The molecule has 0 aromatic carbocycles. The Balaban J connectivity index is 4.28. The molecule has 0 unspecified atom stereocenters. The van der Waals surface area contributed by atoms with Gasteiger partial charge in [0.05, 0.1) is 5.57 Å². The van der Waals surface area contributed by atoms with Gasteiger partial charge in [-0.2, -0.15) is 5.26 Å². The summed E-state index contributed by atoms with van der Waals surface area (Å²) >= 11 is 5.45. The molecule has 0 atom stereocenters. The van der Waals surface area contributed by atoms with Crippen LogP contribution in [-0.2, 0) is 9.68 Å². The van der Waals surface area contributed by atoms with Crippen LogP contribution in [-0.4, -0.2) is 11.2 Å². The molecular weight excluding hydrogens is 168 g/mol. The van der Waals surface area contributed by atoms with E-state index in [2.05, 4.69) is 18.0 Å². The van der Waals surface area contributed by atoms with E-state index in [4.69, 9.17) is 16.9 Å². The van der Waals surface area contributed by atoms with Crippen LogP contribution in [0.2, 0.25) is 0 Å². The summed E-state index contributed by atoms with van der Waals surface area (Å²) in [5.74, 6) is -0.940. The summed E-state index contributed by atoms with van der Waals surface area (Å²) in [6, 6.07) is 0. The van der Waals surface area contributed by atoms with E-state index in [1.54, 1.807) is 0 Å². The molecule has 0 saturated carbocycles. The third-order valence-corrected chi connectivity index (χ3v) is 1.12. The summed E-state index contributed by atoms with van der Waals surface area (Å²) in [6.45, 7) is 6.61. The van der Waals surface area contributed by atoms with Gasteiger partial charge in [0.2, 0.25) is 0 Å². The third kappa shape index (κ3) is 3.60. The highest BCUT2D eigenvalue weighted by atomic mass is 35.5. The van der Waals surface area contributed by atoms with Gasteiger partial charge in [-0.1, -0.05) is 30.8 Å². The van der Waals surface area contributed by atoms with E-state index in [0.29, 0.717) is 0 Å². The number of rotatable bonds is 3. The predicted octanol–water partition coefficient (Wildman–Crippen LogP) is 1.87. The number of allylic oxidation sites excluding steroid dienone is 2. The number of hydrogen-bond acceptors (Lipinski definition) is 3. The highest BCUT2D eigenvalue weighted by Crippen LogP contribution is 2.06. The Bertz CT molecular complexity index is 218. The van der Waals surface area contributed by atoms with Crippen LogP contribution < -0.4 is 0 Å². The maximum atomic E-state index is 10.5. The first kappa shape index (κ1) is 9.94. The summed E-state index contributed by atoms with van der Waals surface area (Å²) in [5.41, 5.74) is -0.0441.